The van der Waals surface area contributed by atoms with Crippen LogP contribution in [-0.4, -0.2) is 62.3 Å². The molecule has 1 aliphatic heterocycles. The van der Waals surface area contributed by atoms with E-state index in [-0.39, 0.29) is 5.91 Å². The summed E-state index contributed by atoms with van der Waals surface area (Å²) in [6, 6.07) is 7.60. The standard InChI is InChI=1S/C17H20N6O2S/c1-12-9-13(19-25-12)10-22-5-7-23(8-6-22)11-16(24)18-14-3-2-4-15-17(14)21-26-20-15/h2-4,9H,5-8,10-11H2,1H3,(H,18,24). The Morgan fingerprint density at radius 2 is 2.04 bits per heavy atom. The molecule has 0 bridgehead atoms. The number of rotatable bonds is 5. The van der Waals surface area contributed by atoms with Crippen molar-refractivity contribution in [1.29, 1.82) is 0 Å². The van der Waals surface area contributed by atoms with Crippen LogP contribution >= 0.6 is 11.7 Å². The quantitative estimate of drug-likeness (QED) is 0.730. The first kappa shape index (κ1) is 17.1. The van der Waals surface area contributed by atoms with Gasteiger partial charge >= 0.3 is 0 Å². The summed E-state index contributed by atoms with van der Waals surface area (Å²) in [4.78, 5) is 16.9. The van der Waals surface area contributed by atoms with Crippen LogP contribution in [0.4, 0.5) is 5.69 Å². The van der Waals surface area contributed by atoms with E-state index in [2.05, 4.69) is 29.0 Å². The van der Waals surface area contributed by atoms with Crippen molar-refractivity contribution in [3.8, 4) is 0 Å². The first-order valence-electron chi connectivity index (χ1n) is 8.55. The van der Waals surface area contributed by atoms with Crippen LogP contribution in [-0.2, 0) is 11.3 Å². The molecule has 1 aliphatic rings. The van der Waals surface area contributed by atoms with Crippen molar-refractivity contribution in [2.75, 3.05) is 38.0 Å². The van der Waals surface area contributed by atoms with Crippen molar-refractivity contribution >= 4 is 34.4 Å². The average Bonchev–Trinajstić information content (AvgIpc) is 3.26. The van der Waals surface area contributed by atoms with E-state index in [0.717, 1.165) is 72.6 Å². The molecule has 1 aromatic carbocycles. The molecule has 1 amide bonds. The van der Waals surface area contributed by atoms with E-state index in [1.807, 2.05) is 31.2 Å². The largest absolute Gasteiger partial charge is 0.361 e. The van der Waals surface area contributed by atoms with Crippen molar-refractivity contribution in [3.63, 3.8) is 0 Å². The van der Waals surface area contributed by atoms with E-state index >= 15 is 0 Å². The summed E-state index contributed by atoms with van der Waals surface area (Å²) in [5.74, 6) is 0.812. The van der Waals surface area contributed by atoms with Gasteiger partial charge in [-0.15, -0.1) is 0 Å². The van der Waals surface area contributed by atoms with Crippen LogP contribution in [0.2, 0.25) is 0 Å². The van der Waals surface area contributed by atoms with Crippen molar-refractivity contribution in [3.05, 3.63) is 35.7 Å². The molecule has 26 heavy (non-hydrogen) atoms. The predicted molar refractivity (Wildman–Crippen MR) is 99.0 cm³/mol. The lowest BCUT2D eigenvalue weighted by Gasteiger charge is -2.33. The van der Waals surface area contributed by atoms with E-state index in [9.17, 15) is 4.79 Å². The molecule has 0 saturated carbocycles. The number of nitrogens with one attached hydrogen (secondary N) is 1. The number of fused-ring (bicyclic) bond motifs is 1. The van der Waals surface area contributed by atoms with Gasteiger partial charge in [0.2, 0.25) is 5.91 Å². The molecular weight excluding hydrogens is 352 g/mol. The number of aromatic nitrogens is 3. The number of benzene rings is 1. The molecule has 0 aliphatic carbocycles. The van der Waals surface area contributed by atoms with Crippen molar-refractivity contribution in [2.45, 2.75) is 13.5 Å². The minimum Gasteiger partial charge on any atom is -0.361 e. The van der Waals surface area contributed by atoms with E-state index in [4.69, 9.17) is 4.52 Å². The van der Waals surface area contributed by atoms with Gasteiger partial charge in [0.1, 0.15) is 16.8 Å². The first-order chi connectivity index (χ1) is 12.7. The number of amides is 1. The molecule has 8 nitrogen and oxygen atoms in total. The maximum atomic E-state index is 12.4. The molecule has 1 saturated heterocycles. The Labute approximate surface area is 155 Å². The molecule has 3 aromatic rings. The second-order valence-corrected chi connectivity index (χ2v) is 7.00. The Hall–Kier alpha value is -2.36. The van der Waals surface area contributed by atoms with E-state index < -0.39 is 0 Å². The second kappa shape index (κ2) is 7.48. The third-order valence-corrected chi connectivity index (χ3v) is 5.00. The Morgan fingerprint density at radius 3 is 2.81 bits per heavy atom. The Balaban J connectivity index is 1.27. The van der Waals surface area contributed by atoms with Crippen LogP contribution in [0.25, 0.3) is 11.0 Å². The number of hydrogen-bond donors (Lipinski definition) is 1. The van der Waals surface area contributed by atoms with Gasteiger partial charge in [0.15, 0.2) is 0 Å². The predicted octanol–water partition coefficient (Wildman–Crippen LogP) is 1.74. The molecule has 136 valence electrons. The van der Waals surface area contributed by atoms with Gasteiger partial charge in [-0.3, -0.25) is 14.6 Å². The fourth-order valence-electron chi connectivity index (χ4n) is 3.13. The topological polar surface area (TPSA) is 87.4 Å². The zero-order chi connectivity index (χ0) is 17.9. The fourth-order valence-corrected chi connectivity index (χ4v) is 3.68. The van der Waals surface area contributed by atoms with Gasteiger partial charge in [0, 0.05) is 38.8 Å². The maximum Gasteiger partial charge on any atom is 0.238 e. The normalized spacial score (nSPS) is 16.2. The van der Waals surface area contributed by atoms with Gasteiger partial charge in [-0.1, -0.05) is 11.2 Å². The summed E-state index contributed by atoms with van der Waals surface area (Å²) in [5, 5.41) is 7.00. The monoisotopic (exact) mass is 372 g/mol. The van der Waals surface area contributed by atoms with Crippen LogP contribution in [0, 0.1) is 6.92 Å². The molecule has 1 fully saturated rings. The van der Waals surface area contributed by atoms with E-state index in [1.165, 1.54) is 0 Å². The third kappa shape index (κ3) is 3.90. The van der Waals surface area contributed by atoms with Crippen LogP contribution in [0.15, 0.2) is 28.8 Å². The molecule has 0 spiro atoms. The Morgan fingerprint density at radius 1 is 1.23 bits per heavy atom. The minimum atomic E-state index is -0.0222. The lowest BCUT2D eigenvalue weighted by molar-refractivity contribution is -0.117. The third-order valence-electron chi connectivity index (χ3n) is 4.45. The summed E-state index contributed by atoms with van der Waals surface area (Å²) >= 11 is 1.15. The average molecular weight is 372 g/mol. The molecule has 0 atom stereocenters. The summed E-state index contributed by atoms with van der Waals surface area (Å²) in [7, 11) is 0. The second-order valence-electron chi connectivity index (χ2n) is 6.47. The molecule has 9 heteroatoms. The zero-order valence-corrected chi connectivity index (χ0v) is 15.3. The van der Waals surface area contributed by atoms with Crippen molar-refractivity contribution in [2.24, 2.45) is 0 Å². The summed E-state index contributed by atoms with van der Waals surface area (Å²) < 4.78 is 13.6. The summed E-state index contributed by atoms with van der Waals surface area (Å²) in [6.45, 7) is 6.59. The van der Waals surface area contributed by atoms with Crippen LogP contribution in [0.1, 0.15) is 11.5 Å². The molecule has 4 rings (SSSR count). The molecule has 3 heterocycles. The minimum absolute atomic E-state index is 0.0222. The molecule has 0 radical (unpaired) electrons. The van der Waals surface area contributed by atoms with Crippen LogP contribution in [0.3, 0.4) is 0 Å². The number of anilines is 1. The van der Waals surface area contributed by atoms with Gasteiger partial charge < -0.3 is 9.84 Å². The SMILES string of the molecule is Cc1cc(CN2CCN(CC(=O)Nc3cccc4nsnc34)CC2)no1. The van der Waals surface area contributed by atoms with Gasteiger partial charge in [0.25, 0.3) is 0 Å². The van der Waals surface area contributed by atoms with Gasteiger partial charge in [-0.2, -0.15) is 8.75 Å². The van der Waals surface area contributed by atoms with Crippen molar-refractivity contribution < 1.29 is 9.32 Å². The van der Waals surface area contributed by atoms with Gasteiger partial charge in [-0.05, 0) is 19.1 Å². The highest BCUT2D eigenvalue weighted by molar-refractivity contribution is 7.00. The van der Waals surface area contributed by atoms with Gasteiger partial charge in [-0.25, -0.2) is 0 Å². The number of piperazine rings is 1. The zero-order valence-electron chi connectivity index (χ0n) is 14.5. The lowest BCUT2D eigenvalue weighted by Crippen LogP contribution is -2.48. The highest BCUT2D eigenvalue weighted by Crippen LogP contribution is 2.21. The number of hydrogen-bond acceptors (Lipinski definition) is 8. The number of nitrogens with zero attached hydrogens (tertiary/aromatic N) is 5. The molecular formula is C17H20N6O2S. The summed E-state index contributed by atoms with van der Waals surface area (Å²) in [5.41, 5.74) is 3.24. The van der Waals surface area contributed by atoms with Gasteiger partial charge in [0.05, 0.1) is 29.7 Å². The highest BCUT2D eigenvalue weighted by atomic mass is 32.1. The number of carbonyl (C=O) groups excluding carboxylic acids is 1. The number of carbonyl (C=O) groups is 1. The Kier molecular flexibility index (Phi) is 4.91. The van der Waals surface area contributed by atoms with Crippen molar-refractivity contribution in [1.82, 2.24) is 23.7 Å². The van der Waals surface area contributed by atoms with E-state index in [0.29, 0.717) is 6.54 Å². The Bertz CT molecular complexity index is 899. The first-order valence-corrected chi connectivity index (χ1v) is 9.28. The molecule has 1 N–H and O–H groups in total. The molecule has 2 aromatic heterocycles. The highest BCUT2D eigenvalue weighted by Gasteiger charge is 2.20. The lowest BCUT2D eigenvalue weighted by atomic mass is 10.2. The maximum absolute atomic E-state index is 12.4. The number of aryl methyl sites for hydroxylation is 1. The van der Waals surface area contributed by atoms with Crippen LogP contribution in [0.5, 0.6) is 0 Å². The van der Waals surface area contributed by atoms with E-state index in [1.54, 1.807) is 0 Å². The molecule has 0 unspecified atom stereocenters. The fraction of sp³-hybridized carbons (Fsp3) is 0.412. The summed E-state index contributed by atoms with van der Waals surface area (Å²) in [6.07, 6.45) is 0. The van der Waals surface area contributed by atoms with Crippen LogP contribution < -0.4 is 5.32 Å². The smallest absolute Gasteiger partial charge is 0.238 e.